The van der Waals surface area contributed by atoms with E-state index in [1.165, 1.54) is 0 Å². The minimum Gasteiger partial charge on any atom is -0.493 e. The van der Waals surface area contributed by atoms with E-state index in [-0.39, 0.29) is 11.9 Å². The van der Waals surface area contributed by atoms with E-state index in [9.17, 15) is 4.79 Å². The molecule has 0 heterocycles. The molecule has 0 saturated carbocycles. The van der Waals surface area contributed by atoms with Crippen molar-refractivity contribution in [2.24, 2.45) is 0 Å². The maximum Gasteiger partial charge on any atom is 0.236 e. The Hall–Kier alpha value is -1.95. The topological polar surface area (TPSA) is 68.8 Å². The van der Waals surface area contributed by atoms with Gasteiger partial charge in [-0.25, -0.2) is 0 Å². The molecule has 1 unspecified atom stereocenters. The van der Waals surface area contributed by atoms with E-state index in [2.05, 4.69) is 10.6 Å². The fraction of sp³-hybridized carbons (Fsp3) is 0.533. The van der Waals surface area contributed by atoms with Crippen LogP contribution in [-0.2, 0) is 11.3 Å². The van der Waals surface area contributed by atoms with Crippen molar-refractivity contribution in [1.29, 1.82) is 0 Å². The van der Waals surface area contributed by atoms with E-state index in [4.69, 9.17) is 14.2 Å². The summed E-state index contributed by atoms with van der Waals surface area (Å²) in [5, 5.41) is 5.93. The summed E-state index contributed by atoms with van der Waals surface area (Å²) in [6.45, 7) is 4.86. The maximum atomic E-state index is 11.7. The van der Waals surface area contributed by atoms with E-state index < -0.39 is 0 Å². The number of carbonyl (C=O) groups excluding carboxylic acids is 1. The number of methoxy groups -OCH3 is 3. The Morgan fingerprint density at radius 3 is 2.14 bits per heavy atom. The van der Waals surface area contributed by atoms with Crippen LogP contribution in [0.2, 0.25) is 0 Å². The Morgan fingerprint density at radius 1 is 1.14 bits per heavy atom. The summed E-state index contributed by atoms with van der Waals surface area (Å²) in [4.78, 5) is 11.7. The van der Waals surface area contributed by atoms with Crippen LogP contribution in [0.5, 0.6) is 17.2 Å². The van der Waals surface area contributed by atoms with Gasteiger partial charge in [0.15, 0.2) is 11.5 Å². The SMILES string of the molecule is CCNC(=O)C(C)NCc1cc(OC)c(OC)c(OC)c1. The summed E-state index contributed by atoms with van der Waals surface area (Å²) < 4.78 is 15.9. The fourth-order valence-electron chi connectivity index (χ4n) is 1.93. The zero-order chi connectivity index (χ0) is 15.8. The van der Waals surface area contributed by atoms with Gasteiger partial charge >= 0.3 is 0 Å². The number of benzene rings is 1. The van der Waals surface area contributed by atoms with Crippen molar-refractivity contribution in [2.45, 2.75) is 26.4 Å². The number of likely N-dealkylation sites (N-methyl/N-ethyl adjacent to an activating group) is 1. The summed E-state index contributed by atoms with van der Waals surface area (Å²) in [7, 11) is 4.72. The number of hydrogen-bond acceptors (Lipinski definition) is 5. The number of rotatable bonds is 8. The largest absolute Gasteiger partial charge is 0.493 e. The van der Waals surface area contributed by atoms with Crippen molar-refractivity contribution in [3.05, 3.63) is 17.7 Å². The number of carbonyl (C=O) groups is 1. The van der Waals surface area contributed by atoms with Crippen molar-refractivity contribution >= 4 is 5.91 Å². The van der Waals surface area contributed by atoms with Gasteiger partial charge in [-0.15, -0.1) is 0 Å². The van der Waals surface area contributed by atoms with Crippen LogP contribution in [-0.4, -0.2) is 39.8 Å². The molecule has 0 bridgehead atoms. The molecule has 0 aliphatic heterocycles. The molecule has 118 valence electrons. The molecule has 1 atom stereocenters. The predicted octanol–water partition coefficient (Wildman–Crippen LogP) is 1.33. The Bertz CT molecular complexity index is 452. The number of ether oxygens (including phenoxy) is 3. The first-order chi connectivity index (χ1) is 10.1. The van der Waals surface area contributed by atoms with Crippen molar-refractivity contribution in [3.8, 4) is 17.2 Å². The van der Waals surface area contributed by atoms with Gasteiger partial charge in [-0.05, 0) is 31.5 Å². The van der Waals surface area contributed by atoms with E-state index in [0.29, 0.717) is 30.3 Å². The average Bonchev–Trinajstić information content (AvgIpc) is 2.51. The lowest BCUT2D eigenvalue weighted by Gasteiger charge is -2.16. The molecular formula is C15H24N2O4. The standard InChI is InChI=1S/C15H24N2O4/c1-6-16-15(18)10(2)17-9-11-7-12(19-3)14(21-5)13(8-11)20-4/h7-8,10,17H,6,9H2,1-5H3,(H,16,18). The average molecular weight is 296 g/mol. The molecule has 0 radical (unpaired) electrons. The first-order valence-corrected chi connectivity index (χ1v) is 6.87. The molecule has 0 aliphatic rings. The van der Waals surface area contributed by atoms with Gasteiger partial charge in [-0.2, -0.15) is 0 Å². The van der Waals surface area contributed by atoms with E-state index in [1.807, 2.05) is 26.0 Å². The van der Waals surface area contributed by atoms with Gasteiger partial charge in [0.2, 0.25) is 11.7 Å². The van der Waals surface area contributed by atoms with Crippen LogP contribution in [0.1, 0.15) is 19.4 Å². The van der Waals surface area contributed by atoms with Crippen molar-refractivity contribution < 1.29 is 19.0 Å². The molecule has 0 spiro atoms. The molecule has 1 amide bonds. The highest BCUT2D eigenvalue weighted by Crippen LogP contribution is 2.38. The Morgan fingerprint density at radius 2 is 1.71 bits per heavy atom. The summed E-state index contributed by atoms with van der Waals surface area (Å²) >= 11 is 0. The van der Waals surface area contributed by atoms with E-state index in [0.717, 1.165) is 5.56 Å². The highest BCUT2D eigenvalue weighted by molar-refractivity contribution is 5.81. The quantitative estimate of drug-likeness (QED) is 0.757. The van der Waals surface area contributed by atoms with Crippen LogP contribution in [0.4, 0.5) is 0 Å². The van der Waals surface area contributed by atoms with Crippen LogP contribution < -0.4 is 24.8 Å². The summed E-state index contributed by atoms with van der Waals surface area (Å²) in [6.07, 6.45) is 0. The number of nitrogens with one attached hydrogen (secondary N) is 2. The third-order valence-electron chi connectivity index (χ3n) is 3.08. The fourth-order valence-corrected chi connectivity index (χ4v) is 1.93. The van der Waals surface area contributed by atoms with E-state index in [1.54, 1.807) is 21.3 Å². The highest BCUT2D eigenvalue weighted by atomic mass is 16.5. The van der Waals surface area contributed by atoms with Gasteiger partial charge in [0, 0.05) is 13.1 Å². The molecule has 0 aliphatic carbocycles. The molecule has 21 heavy (non-hydrogen) atoms. The first-order valence-electron chi connectivity index (χ1n) is 6.87. The second-order valence-corrected chi connectivity index (χ2v) is 4.53. The molecule has 6 nitrogen and oxygen atoms in total. The van der Waals surface area contributed by atoms with Crippen molar-refractivity contribution in [3.63, 3.8) is 0 Å². The highest BCUT2D eigenvalue weighted by Gasteiger charge is 2.15. The van der Waals surface area contributed by atoms with Crippen LogP contribution in [0.15, 0.2) is 12.1 Å². The van der Waals surface area contributed by atoms with Crippen LogP contribution in [0.3, 0.4) is 0 Å². The smallest absolute Gasteiger partial charge is 0.236 e. The lowest BCUT2D eigenvalue weighted by atomic mass is 10.1. The maximum absolute atomic E-state index is 11.7. The van der Waals surface area contributed by atoms with Crippen molar-refractivity contribution in [1.82, 2.24) is 10.6 Å². The second-order valence-electron chi connectivity index (χ2n) is 4.53. The van der Waals surface area contributed by atoms with E-state index >= 15 is 0 Å². The van der Waals surface area contributed by atoms with Gasteiger partial charge < -0.3 is 24.8 Å². The molecule has 0 saturated heterocycles. The summed E-state index contributed by atoms with van der Waals surface area (Å²) in [5.41, 5.74) is 0.945. The summed E-state index contributed by atoms with van der Waals surface area (Å²) in [6, 6.07) is 3.45. The molecule has 1 rings (SSSR count). The Labute approximate surface area is 125 Å². The first kappa shape index (κ1) is 17.1. The second kappa shape index (κ2) is 8.36. The molecule has 0 aromatic heterocycles. The monoisotopic (exact) mass is 296 g/mol. The molecule has 6 heteroatoms. The zero-order valence-electron chi connectivity index (χ0n) is 13.3. The zero-order valence-corrected chi connectivity index (χ0v) is 13.3. The third-order valence-corrected chi connectivity index (χ3v) is 3.08. The third kappa shape index (κ3) is 4.53. The van der Waals surface area contributed by atoms with Gasteiger partial charge in [0.05, 0.1) is 27.4 Å². The minimum absolute atomic E-state index is 0.0232. The minimum atomic E-state index is -0.274. The Kier molecular flexibility index (Phi) is 6.81. The van der Waals surface area contributed by atoms with Gasteiger partial charge in [-0.1, -0.05) is 0 Å². The normalized spacial score (nSPS) is 11.7. The number of amides is 1. The van der Waals surface area contributed by atoms with Gasteiger partial charge in [0.1, 0.15) is 0 Å². The predicted molar refractivity (Wildman–Crippen MR) is 81.1 cm³/mol. The summed E-state index contributed by atoms with van der Waals surface area (Å²) in [5.74, 6) is 1.73. The van der Waals surface area contributed by atoms with Gasteiger partial charge in [0.25, 0.3) is 0 Å². The molecule has 1 aromatic rings. The molecule has 2 N–H and O–H groups in total. The van der Waals surface area contributed by atoms with Gasteiger partial charge in [-0.3, -0.25) is 4.79 Å². The number of hydrogen-bond donors (Lipinski definition) is 2. The Balaban J connectivity index is 2.82. The molecular weight excluding hydrogens is 272 g/mol. The van der Waals surface area contributed by atoms with Crippen LogP contribution in [0.25, 0.3) is 0 Å². The van der Waals surface area contributed by atoms with Crippen LogP contribution in [0, 0.1) is 0 Å². The van der Waals surface area contributed by atoms with Crippen LogP contribution >= 0.6 is 0 Å². The molecule has 0 fully saturated rings. The molecule has 1 aromatic carbocycles. The lowest BCUT2D eigenvalue weighted by Crippen LogP contribution is -2.41. The lowest BCUT2D eigenvalue weighted by molar-refractivity contribution is -0.122. The van der Waals surface area contributed by atoms with Crippen molar-refractivity contribution in [2.75, 3.05) is 27.9 Å².